The van der Waals surface area contributed by atoms with Gasteiger partial charge in [-0.15, -0.1) is 0 Å². The lowest BCUT2D eigenvalue weighted by Gasteiger charge is -2.23. The topological polar surface area (TPSA) is 97.7 Å². The van der Waals surface area contributed by atoms with Crippen molar-refractivity contribution in [3.05, 3.63) is 59.8 Å². The number of aromatic amines is 1. The van der Waals surface area contributed by atoms with E-state index in [1.807, 2.05) is 36.5 Å². The summed E-state index contributed by atoms with van der Waals surface area (Å²) in [5, 5.41) is 1.02. The van der Waals surface area contributed by atoms with Gasteiger partial charge in [-0.1, -0.05) is 24.3 Å². The van der Waals surface area contributed by atoms with E-state index in [1.54, 1.807) is 12.1 Å². The van der Waals surface area contributed by atoms with Gasteiger partial charge in [-0.2, -0.15) is 0 Å². The zero-order valence-corrected chi connectivity index (χ0v) is 15.5. The van der Waals surface area contributed by atoms with Crippen LogP contribution in [-0.4, -0.2) is 34.5 Å². The van der Waals surface area contributed by atoms with Crippen LogP contribution in [0.2, 0.25) is 0 Å². The van der Waals surface area contributed by atoms with Gasteiger partial charge in [0.1, 0.15) is 0 Å². The van der Waals surface area contributed by atoms with E-state index in [1.165, 1.54) is 11.8 Å². The average Bonchev–Trinajstić information content (AvgIpc) is 3.32. The fourth-order valence-corrected chi connectivity index (χ4v) is 3.39. The van der Waals surface area contributed by atoms with Gasteiger partial charge >= 0.3 is 0 Å². The molecule has 1 aromatic heterocycles. The highest BCUT2D eigenvalue weighted by Crippen LogP contribution is 2.32. The SMILES string of the molecule is CC(=O)N(Cc1ccc2c(c1)OCO2)C(=O)C(N)Cc1c[nH]c2ccccc12. The van der Waals surface area contributed by atoms with Crippen molar-refractivity contribution in [2.45, 2.75) is 25.9 Å². The quantitative estimate of drug-likeness (QED) is 0.709. The lowest BCUT2D eigenvalue weighted by atomic mass is 10.0. The minimum Gasteiger partial charge on any atom is -0.454 e. The number of fused-ring (bicyclic) bond motifs is 2. The number of benzene rings is 2. The van der Waals surface area contributed by atoms with Gasteiger partial charge in [0.2, 0.25) is 18.6 Å². The van der Waals surface area contributed by atoms with Gasteiger partial charge in [-0.3, -0.25) is 14.5 Å². The van der Waals surface area contributed by atoms with Crippen LogP contribution in [0.3, 0.4) is 0 Å². The third kappa shape index (κ3) is 3.44. The second kappa shape index (κ2) is 7.36. The molecule has 4 rings (SSSR count). The van der Waals surface area contributed by atoms with Crippen molar-refractivity contribution >= 4 is 22.7 Å². The standard InChI is InChI=1S/C21H21N3O4/c1-13(25)24(11-14-6-7-19-20(8-14)28-12-27-19)21(26)17(22)9-15-10-23-18-5-3-2-4-16(15)18/h2-8,10,17,23H,9,11-12,22H2,1H3. The molecular formula is C21H21N3O4. The van der Waals surface area contributed by atoms with Crippen molar-refractivity contribution in [3.63, 3.8) is 0 Å². The first-order valence-electron chi connectivity index (χ1n) is 9.04. The minimum absolute atomic E-state index is 0.131. The van der Waals surface area contributed by atoms with Crippen molar-refractivity contribution in [2.24, 2.45) is 5.73 Å². The van der Waals surface area contributed by atoms with Crippen LogP contribution in [0.4, 0.5) is 0 Å². The van der Waals surface area contributed by atoms with Crippen LogP contribution in [0.1, 0.15) is 18.1 Å². The number of hydrogen-bond donors (Lipinski definition) is 2. The number of amides is 2. The van der Waals surface area contributed by atoms with Crippen LogP contribution in [0, 0.1) is 0 Å². The molecule has 28 heavy (non-hydrogen) atoms. The van der Waals surface area contributed by atoms with E-state index >= 15 is 0 Å². The van der Waals surface area contributed by atoms with E-state index in [0.717, 1.165) is 22.0 Å². The minimum atomic E-state index is -0.822. The molecule has 1 aliphatic rings. The summed E-state index contributed by atoms with van der Waals surface area (Å²) in [6.07, 6.45) is 2.20. The molecule has 2 amide bonds. The summed E-state index contributed by atoms with van der Waals surface area (Å²) in [6, 6.07) is 12.4. The average molecular weight is 379 g/mol. The first kappa shape index (κ1) is 18.1. The molecule has 0 aliphatic carbocycles. The van der Waals surface area contributed by atoms with Crippen LogP contribution < -0.4 is 15.2 Å². The van der Waals surface area contributed by atoms with E-state index in [0.29, 0.717) is 17.9 Å². The third-order valence-electron chi connectivity index (χ3n) is 4.86. The Morgan fingerprint density at radius 3 is 2.79 bits per heavy atom. The zero-order chi connectivity index (χ0) is 19.7. The highest BCUT2D eigenvalue weighted by atomic mass is 16.7. The van der Waals surface area contributed by atoms with Gasteiger partial charge in [0.15, 0.2) is 11.5 Å². The van der Waals surface area contributed by atoms with Gasteiger partial charge in [0.05, 0.1) is 12.6 Å². The molecule has 144 valence electrons. The van der Waals surface area contributed by atoms with Crippen molar-refractivity contribution in [1.29, 1.82) is 0 Å². The Hall–Kier alpha value is -3.32. The maximum atomic E-state index is 12.9. The number of H-pyrrole nitrogens is 1. The van der Waals surface area contributed by atoms with E-state index in [9.17, 15) is 9.59 Å². The summed E-state index contributed by atoms with van der Waals surface area (Å²) in [6.45, 7) is 1.67. The number of imide groups is 1. The van der Waals surface area contributed by atoms with Crippen molar-refractivity contribution in [1.82, 2.24) is 9.88 Å². The molecule has 2 heterocycles. The molecule has 7 nitrogen and oxygen atoms in total. The maximum absolute atomic E-state index is 12.9. The van der Waals surface area contributed by atoms with Gasteiger partial charge < -0.3 is 20.2 Å². The second-order valence-corrected chi connectivity index (χ2v) is 6.80. The Morgan fingerprint density at radius 2 is 1.96 bits per heavy atom. The molecule has 0 saturated heterocycles. The summed E-state index contributed by atoms with van der Waals surface area (Å²) in [7, 11) is 0. The molecule has 3 aromatic rings. The molecule has 7 heteroatoms. The number of nitrogens with zero attached hydrogens (tertiary/aromatic N) is 1. The largest absolute Gasteiger partial charge is 0.454 e. The van der Waals surface area contributed by atoms with Crippen LogP contribution in [0.25, 0.3) is 10.9 Å². The fraction of sp³-hybridized carbons (Fsp3) is 0.238. The molecule has 1 aliphatic heterocycles. The fourth-order valence-electron chi connectivity index (χ4n) is 3.39. The second-order valence-electron chi connectivity index (χ2n) is 6.80. The first-order valence-corrected chi connectivity index (χ1v) is 9.04. The Balaban J connectivity index is 1.50. The highest BCUT2D eigenvalue weighted by Gasteiger charge is 2.26. The molecule has 0 saturated carbocycles. The summed E-state index contributed by atoms with van der Waals surface area (Å²) in [5.41, 5.74) is 8.88. The number of aromatic nitrogens is 1. The summed E-state index contributed by atoms with van der Waals surface area (Å²) in [5.74, 6) is 0.504. The van der Waals surface area contributed by atoms with Gasteiger partial charge in [-0.25, -0.2) is 0 Å². The molecule has 3 N–H and O–H groups in total. The predicted molar refractivity (Wildman–Crippen MR) is 104 cm³/mol. The molecular weight excluding hydrogens is 358 g/mol. The summed E-state index contributed by atoms with van der Waals surface area (Å²) in [4.78, 5) is 29.4. The van der Waals surface area contributed by atoms with Crippen molar-refractivity contribution in [3.8, 4) is 11.5 Å². The van der Waals surface area contributed by atoms with E-state index in [-0.39, 0.29) is 19.2 Å². The normalized spacial score (nSPS) is 13.5. The van der Waals surface area contributed by atoms with Crippen LogP contribution in [0.5, 0.6) is 11.5 Å². The molecule has 2 aromatic carbocycles. The highest BCUT2D eigenvalue weighted by molar-refractivity contribution is 5.97. The molecule has 1 atom stereocenters. The molecule has 1 unspecified atom stereocenters. The molecule has 0 spiro atoms. The number of nitrogens with two attached hydrogens (primary N) is 1. The number of carbonyl (C=O) groups excluding carboxylic acids is 2. The zero-order valence-electron chi connectivity index (χ0n) is 15.5. The molecule has 0 bridgehead atoms. The number of rotatable bonds is 5. The van der Waals surface area contributed by atoms with Crippen molar-refractivity contribution < 1.29 is 19.1 Å². The number of ether oxygens (including phenoxy) is 2. The van der Waals surface area contributed by atoms with E-state index < -0.39 is 11.9 Å². The monoisotopic (exact) mass is 379 g/mol. The lowest BCUT2D eigenvalue weighted by molar-refractivity contribution is -0.145. The first-order chi connectivity index (χ1) is 13.5. The Morgan fingerprint density at radius 1 is 1.18 bits per heavy atom. The maximum Gasteiger partial charge on any atom is 0.246 e. The Bertz CT molecular complexity index is 1040. The number of para-hydroxylation sites is 1. The number of hydrogen-bond acceptors (Lipinski definition) is 5. The van der Waals surface area contributed by atoms with Gasteiger partial charge in [-0.05, 0) is 35.7 Å². The van der Waals surface area contributed by atoms with Crippen LogP contribution >= 0.6 is 0 Å². The Kier molecular flexibility index (Phi) is 4.75. The molecule has 0 radical (unpaired) electrons. The van der Waals surface area contributed by atoms with Gasteiger partial charge in [0.25, 0.3) is 0 Å². The Labute approximate surface area is 162 Å². The summed E-state index contributed by atoms with van der Waals surface area (Å²) < 4.78 is 10.7. The molecule has 0 fully saturated rings. The lowest BCUT2D eigenvalue weighted by Crippen LogP contribution is -2.46. The number of carbonyl (C=O) groups is 2. The van der Waals surface area contributed by atoms with Crippen LogP contribution in [0.15, 0.2) is 48.7 Å². The predicted octanol–water partition coefficient (Wildman–Crippen LogP) is 2.34. The number of nitrogens with one attached hydrogen (secondary N) is 1. The van der Waals surface area contributed by atoms with Crippen molar-refractivity contribution in [2.75, 3.05) is 6.79 Å². The van der Waals surface area contributed by atoms with Crippen LogP contribution in [-0.2, 0) is 22.6 Å². The smallest absolute Gasteiger partial charge is 0.246 e. The van der Waals surface area contributed by atoms with E-state index in [4.69, 9.17) is 15.2 Å². The summed E-state index contributed by atoms with van der Waals surface area (Å²) >= 11 is 0. The third-order valence-corrected chi connectivity index (χ3v) is 4.86. The van der Waals surface area contributed by atoms with Gasteiger partial charge in [0, 0.05) is 24.0 Å². The van der Waals surface area contributed by atoms with E-state index in [2.05, 4.69) is 4.98 Å².